The van der Waals surface area contributed by atoms with E-state index in [0.717, 1.165) is 5.56 Å². The predicted octanol–water partition coefficient (Wildman–Crippen LogP) is 2.76. The number of aromatic nitrogens is 3. The predicted molar refractivity (Wildman–Crippen MR) is 87.6 cm³/mol. The monoisotopic (exact) mass is 322 g/mol. The van der Waals surface area contributed by atoms with Gasteiger partial charge in [-0.1, -0.05) is 24.8 Å². The van der Waals surface area contributed by atoms with Crippen molar-refractivity contribution in [2.75, 3.05) is 6.61 Å². The molecule has 0 spiro atoms. The lowest BCUT2D eigenvalue weighted by Gasteiger charge is -2.02. The van der Waals surface area contributed by atoms with Crippen LogP contribution in [0, 0.1) is 0 Å². The van der Waals surface area contributed by atoms with Crippen molar-refractivity contribution in [2.24, 2.45) is 5.10 Å². The second kappa shape index (κ2) is 7.19. The molecule has 0 aliphatic rings. The topological polar surface area (TPSA) is 82.5 Å². The molecule has 3 aromatic rings. The third kappa shape index (κ3) is 3.64. The summed E-state index contributed by atoms with van der Waals surface area (Å²) in [6.45, 7) is 3.69. The van der Waals surface area contributed by atoms with E-state index in [2.05, 4.69) is 21.9 Å². The minimum atomic E-state index is -0.386. The molecule has 0 atom stereocenters. The Morgan fingerprint density at radius 3 is 2.67 bits per heavy atom. The summed E-state index contributed by atoms with van der Waals surface area (Å²) in [5.41, 5.74) is 1.32. The van der Waals surface area contributed by atoms with Gasteiger partial charge in [-0.15, -0.1) is 10.2 Å². The molecule has 2 aromatic heterocycles. The summed E-state index contributed by atoms with van der Waals surface area (Å²) < 4.78 is 12.1. The average molecular weight is 322 g/mol. The number of carbonyl (C=O) groups excluding carboxylic acids is 1. The fourth-order valence-corrected chi connectivity index (χ4v) is 1.94. The Hall–Kier alpha value is -3.48. The summed E-state index contributed by atoms with van der Waals surface area (Å²) in [6.07, 6.45) is 6.04. The van der Waals surface area contributed by atoms with Crippen LogP contribution in [0.25, 0.3) is 11.3 Å². The maximum absolute atomic E-state index is 11.7. The van der Waals surface area contributed by atoms with Crippen LogP contribution in [0.5, 0.6) is 0 Å². The highest BCUT2D eigenvalue weighted by Crippen LogP contribution is 2.22. The minimum Gasteiger partial charge on any atom is -0.458 e. The van der Waals surface area contributed by atoms with Gasteiger partial charge in [0.25, 0.3) is 0 Å². The molecule has 0 saturated heterocycles. The number of esters is 1. The average Bonchev–Trinajstić information content (AvgIpc) is 3.29. The normalized spacial score (nSPS) is 10.8. The molecule has 7 nitrogen and oxygen atoms in total. The fraction of sp³-hybridized carbons (Fsp3) is 0.0588. The molecule has 3 rings (SSSR count). The van der Waals surface area contributed by atoms with Crippen molar-refractivity contribution < 1.29 is 13.9 Å². The zero-order valence-corrected chi connectivity index (χ0v) is 12.7. The molecule has 0 radical (unpaired) electrons. The molecule has 24 heavy (non-hydrogen) atoms. The molecular formula is C17H14N4O3. The molecule has 0 N–H and O–H groups in total. The third-order valence-corrected chi connectivity index (χ3v) is 3.09. The van der Waals surface area contributed by atoms with Crippen LogP contribution in [0.1, 0.15) is 16.1 Å². The van der Waals surface area contributed by atoms with Gasteiger partial charge in [0.15, 0.2) is 0 Å². The molecule has 7 heteroatoms. The summed E-state index contributed by atoms with van der Waals surface area (Å²) in [5, 5.41) is 11.4. The minimum absolute atomic E-state index is 0.188. The summed E-state index contributed by atoms with van der Waals surface area (Å²) in [5.74, 6) is 0.877. The summed E-state index contributed by atoms with van der Waals surface area (Å²) in [7, 11) is 0. The van der Waals surface area contributed by atoms with Crippen LogP contribution in [-0.4, -0.2) is 33.7 Å². The highest BCUT2D eigenvalue weighted by molar-refractivity contribution is 5.90. The van der Waals surface area contributed by atoms with E-state index in [1.165, 1.54) is 23.4 Å². The van der Waals surface area contributed by atoms with Gasteiger partial charge in [-0.2, -0.15) is 5.10 Å². The fourth-order valence-electron chi connectivity index (χ4n) is 1.94. The molecule has 120 valence electrons. The Morgan fingerprint density at radius 1 is 1.21 bits per heavy atom. The van der Waals surface area contributed by atoms with E-state index in [-0.39, 0.29) is 12.6 Å². The maximum Gasteiger partial charge on any atom is 0.338 e. The molecule has 0 amide bonds. The largest absolute Gasteiger partial charge is 0.458 e. The first-order chi connectivity index (χ1) is 11.8. The van der Waals surface area contributed by atoms with Gasteiger partial charge in [-0.05, 0) is 24.3 Å². The van der Waals surface area contributed by atoms with Crippen LogP contribution < -0.4 is 0 Å². The van der Waals surface area contributed by atoms with Crippen molar-refractivity contribution in [3.05, 3.63) is 73.0 Å². The summed E-state index contributed by atoms with van der Waals surface area (Å²) in [6, 6.07) is 10.6. The number of ether oxygens (including phenoxy) is 1. The zero-order chi connectivity index (χ0) is 16.8. The number of carbonyl (C=O) groups is 1. The first-order valence-corrected chi connectivity index (χ1v) is 7.13. The highest BCUT2D eigenvalue weighted by Gasteiger charge is 2.08. The first kappa shape index (κ1) is 15.4. The van der Waals surface area contributed by atoms with Gasteiger partial charge in [0.05, 0.1) is 11.8 Å². The van der Waals surface area contributed by atoms with Crippen molar-refractivity contribution >= 4 is 12.2 Å². The highest BCUT2D eigenvalue weighted by atomic mass is 16.5. The molecule has 0 aliphatic carbocycles. The summed E-state index contributed by atoms with van der Waals surface area (Å²) >= 11 is 0. The Kier molecular flexibility index (Phi) is 4.62. The molecule has 0 saturated carbocycles. The van der Waals surface area contributed by atoms with Crippen LogP contribution in [0.15, 0.2) is 71.2 Å². The van der Waals surface area contributed by atoms with E-state index in [1.807, 2.05) is 6.07 Å². The van der Waals surface area contributed by atoms with Crippen LogP contribution in [0.2, 0.25) is 0 Å². The van der Waals surface area contributed by atoms with Gasteiger partial charge < -0.3 is 9.15 Å². The maximum atomic E-state index is 11.7. The first-order valence-electron chi connectivity index (χ1n) is 7.13. The SMILES string of the molecule is C=CCOC(=O)c1ccc(-c2ccc(C=Nn3cnnc3)o2)cc1. The van der Waals surface area contributed by atoms with Crippen LogP contribution in [0.4, 0.5) is 0 Å². The lowest BCUT2D eigenvalue weighted by molar-refractivity contribution is 0.0550. The number of hydrogen-bond donors (Lipinski definition) is 0. The lowest BCUT2D eigenvalue weighted by atomic mass is 10.1. The number of benzene rings is 1. The van der Waals surface area contributed by atoms with E-state index < -0.39 is 0 Å². The van der Waals surface area contributed by atoms with E-state index >= 15 is 0 Å². The number of hydrogen-bond acceptors (Lipinski definition) is 6. The van der Waals surface area contributed by atoms with Gasteiger partial charge in [0, 0.05) is 5.56 Å². The van der Waals surface area contributed by atoms with Crippen molar-refractivity contribution in [1.82, 2.24) is 14.9 Å². The number of rotatable bonds is 6. The lowest BCUT2D eigenvalue weighted by Crippen LogP contribution is -2.04. The van der Waals surface area contributed by atoms with Gasteiger partial charge in [-0.25, -0.2) is 9.47 Å². The third-order valence-electron chi connectivity index (χ3n) is 3.09. The Morgan fingerprint density at radius 2 is 1.96 bits per heavy atom. The van der Waals surface area contributed by atoms with E-state index in [4.69, 9.17) is 9.15 Å². The van der Waals surface area contributed by atoms with Crippen molar-refractivity contribution in [3.63, 3.8) is 0 Å². The number of nitrogens with zero attached hydrogens (tertiary/aromatic N) is 4. The molecular weight excluding hydrogens is 308 g/mol. The Labute approximate surface area is 137 Å². The van der Waals surface area contributed by atoms with E-state index in [1.54, 1.807) is 36.5 Å². The van der Waals surface area contributed by atoms with Crippen molar-refractivity contribution in [3.8, 4) is 11.3 Å². The molecule has 2 heterocycles. The smallest absolute Gasteiger partial charge is 0.338 e. The van der Waals surface area contributed by atoms with Gasteiger partial charge in [0.1, 0.15) is 30.8 Å². The van der Waals surface area contributed by atoms with Gasteiger partial charge in [-0.3, -0.25) is 0 Å². The Balaban J connectivity index is 1.71. The summed E-state index contributed by atoms with van der Waals surface area (Å²) in [4.78, 5) is 11.7. The molecule has 0 unspecified atom stereocenters. The van der Waals surface area contributed by atoms with Crippen LogP contribution in [0.3, 0.4) is 0 Å². The standard InChI is InChI=1S/C17H14N4O3/c1-2-9-23-17(22)14-5-3-13(4-6-14)16-8-7-15(24-16)10-20-21-11-18-19-12-21/h2-8,10-12H,1,9H2. The Bertz CT molecular complexity index is 848. The number of furan rings is 1. The van der Waals surface area contributed by atoms with Crippen molar-refractivity contribution in [2.45, 2.75) is 0 Å². The zero-order valence-electron chi connectivity index (χ0n) is 12.7. The van der Waals surface area contributed by atoms with E-state index in [0.29, 0.717) is 17.1 Å². The van der Waals surface area contributed by atoms with Crippen molar-refractivity contribution in [1.29, 1.82) is 0 Å². The quantitative estimate of drug-likeness (QED) is 0.396. The second-order valence-corrected chi connectivity index (χ2v) is 4.75. The van der Waals surface area contributed by atoms with Crippen LogP contribution >= 0.6 is 0 Å². The molecule has 0 fully saturated rings. The van der Waals surface area contributed by atoms with Gasteiger partial charge >= 0.3 is 5.97 Å². The molecule has 0 bridgehead atoms. The second-order valence-electron chi connectivity index (χ2n) is 4.75. The molecule has 1 aromatic carbocycles. The molecule has 0 aliphatic heterocycles. The van der Waals surface area contributed by atoms with E-state index in [9.17, 15) is 4.79 Å². The van der Waals surface area contributed by atoms with Gasteiger partial charge in [0.2, 0.25) is 0 Å². The van der Waals surface area contributed by atoms with Crippen LogP contribution in [-0.2, 0) is 4.74 Å².